The van der Waals surface area contributed by atoms with E-state index in [1.54, 1.807) is 18.2 Å². The molecule has 0 saturated carbocycles. The van der Waals surface area contributed by atoms with Gasteiger partial charge in [-0.2, -0.15) is 3.89 Å². The molecule has 2 unspecified atom stereocenters. The van der Waals surface area contributed by atoms with Gasteiger partial charge in [-0.15, -0.1) is 11.3 Å². The van der Waals surface area contributed by atoms with Crippen LogP contribution in [0.3, 0.4) is 0 Å². The van der Waals surface area contributed by atoms with Gasteiger partial charge in [-0.1, -0.05) is 6.08 Å². The Balaban J connectivity index is 1.49. The van der Waals surface area contributed by atoms with Crippen molar-refractivity contribution in [3.63, 3.8) is 0 Å². The highest BCUT2D eigenvalue weighted by Gasteiger charge is 2.31. The van der Waals surface area contributed by atoms with Crippen LogP contribution in [0.25, 0.3) is 0 Å². The molecule has 4 heterocycles. The van der Waals surface area contributed by atoms with Gasteiger partial charge in [-0.05, 0) is 25.3 Å². The van der Waals surface area contributed by atoms with E-state index in [1.807, 2.05) is 6.08 Å². The van der Waals surface area contributed by atoms with Gasteiger partial charge < -0.3 is 15.5 Å². The van der Waals surface area contributed by atoms with Crippen molar-refractivity contribution in [1.29, 1.82) is 0 Å². The first-order valence-electron chi connectivity index (χ1n) is 10.5. The van der Waals surface area contributed by atoms with Gasteiger partial charge in [0.15, 0.2) is 0 Å². The van der Waals surface area contributed by atoms with Crippen LogP contribution >= 0.6 is 23.5 Å². The summed E-state index contributed by atoms with van der Waals surface area (Å²) in [7, 11) is 1.66. The van der Waals surface area contributed by atoms with Gasteiger partial charge >= 0.3 is 0 Å². The highest BCUT2D eigenvalue weighted by Crippen LogP contribution is 2.33. The molecule has 166 valence electrons. The Labute approximate surface area is 190 Å². The van der Waals surface area contributed by atoms with Gasteiger partial charge in [0.1, 0.15) is 15.7 Å². The number of allylic oxidation sites excluding steroid dienone is 2. The summed E-state index contributed by atoms with van der Waals surface area (Å²) in [4.78, 5) is 31.1. The highest BCUT2D eigenvalue weighted by molar-refractivity contribution is 7.94. The normalized spacial score (nSPS) is 25.0. The van der Waals surface area contributed by atoms with Gasteiger partial charge in [0.05, 0.1) is 16.6 Å². The van der Waals surface area contributed by atoms with Crippen molar-refractivity contribution in [3.05, 3.63) is 39.6 Å². The lowest BCUT2D eigenvalue weighted by molar-refractivity contribution is 0.0805. The molecule has 2 atom stereocenters. The lowest BCUT2D eigenvalue weighted by Crippen LogP contribution is -2.40. The molecule has 0 aliphatic carbocycles. The number of nitrogens with two attached hydrogens (primary N) is 1. The average Bonchev–Trinajstić information content (AvgIpc) is 3.08. The second-order valence-corrected chi connectivity index (χ2v) is 9.68. The maximum Gasteiger partial charge on any atom is 0.270 e. The molecule has 0 bridgehead atoms. The summed E-state index contributed by atoms with van der Waals surface area (Å²) in [6.45, 7) is 2.84. The van der Waals surface area contributed by atoms with Gasteiger partial charge in [-0.25, -0.2) is 4.98 Å². The largest absolute Gasteiger partial charge is 0.403 e. The van der Waals surface area contributed by atoms with Crippen molar-refractivity contribution >= 4 is 41.4 Å². The van der Waals surface area contributed by atoms with Crippen molar-refractivity contribution in [1.82, 2.24) is 14.8 Å². The minimum atomic E-state index is -0.0702. The number of carbonyl (C=O) groups is 1. The molecule has 0 aromatic carbocycles. The fraction of sp³-hybridized carbons (Fsp3) is 0.524. The third kappa shape index (κ3) is 4.69. The van der Waals surface area contributed by atoms with E-state index in [0.29, 0.717) is 48.8 Å². The molecule has 10 heteroatoms. The number of piperidine rings is 1. The van der Waals surface area contributed by atoms with Gasteiger partial charge in [-0.3, -0.25) is 14.8 Å². The van der Waals surface area contributed by atoms with Crippen molar-refractivity contribution in [2.24, 2.45) is 15.7 Å². The van der Waals surface area contributed by atoms with Gasteiger partial charge in [0.25, 0.3) is 5.91 Å². The van der Waals surface area contributed by atoms with Crippen LogP contribution in [0.4, 0.5) is 3.89 Å². The van der Waals surface area contributed by atoms with E-state index in [9.17, 15) is 8.68 Å². The fourth-order valence-corrected chi connectivity index (χ4v) is 5.86. The van der Waals surface area contributed by atoms with E-state index in [1.165, 1.54) is 17.5 Å². The zero-order valence-electron chi connectivity index (χ0n) is 17.5. The molecule has 1 saturated heterocycles. The number of rotatable bonds is 4. The predicted molar refractivity (Wildman–Crippen MR) is 126 cm³/mol. The predicted octanol–water partition coefficient (Wildman–Crippen LogP) is 3.17. The van der Waals surface area contributed by atoms with Crippen LogP contribution in [-0.4, -0.2) is 71.2 Å². The van der Waals surface area contributed by atoms with Crippen molar-refractivity contribution in [2.75, 3.05) is 33.2 Å². The number of thiazole rings is 1. The summed E-state index contributed by atoms with van der Waals surface area (Å²) in [5, 5.41) is 0.972. The van der Waals surface area contributed by atoms with Crippen LogP contribution in [0, 0.1) is 0 Å². The Kier molecular flexibility index (Phi) is 7.06. The second-order valence-electron chi connectivity index (χ2n) is 7.81. The van der Waals surface area contributed by atoms with Crippen LogP contribution in [0.2, 0.25) is 0 Å². The Morgan fingerprint density at radius 2 is 2.29 bits per heavy atom. The molecule has 31 heavy (non-hydrogen) atoms. The topological polar surface area (TPSA) is 87.2 Å². The van der Waals surface area contributed by atoms with Gasteiger partial charge in [0.2, 0.25) is 0 Å². The number of nitrogens with zero attached hydrogens (tertiary/aromatic N) is 5. The maximum absolute atomic E-state index is 13.0. The van der Waals surface area contributed by atoms with E-state index < -0.39 is 0 Å². The summed E-state index contributed by atoms with van der Waals surface area (Å²) in [5.74, 6) is 0.983. The number of hydrogen-bond donors (Lipinski definition) is 1. The average molecular weight is 463 g/mol. The molecule has 0 spiro atoms. The first kappa shape index (κ1) is 22.0. The van der Waals surface area contributed by atoms with Crippen LogP contribution in [-0.2, 0) is 6.42 Å². The zero-order chi connectivity index (χ0) is 21.8. The maximum atomic E-state index is 13.0. The third-order valence-corrected chi connectivity index (χ3v) is 7.66. The Morgan fingerprint density at radius 3 is 3.06 bits per heavy atom. The number of aliphatic imine (C=N–C) groups is 2. The van der Waals surface area contributed by atoms with Crippen molar-refractivity contribution in [3.8, 4) is 0 Å². The van der Waals surface area contributed by atoms with Crippen molar-refractivity contribution < 1.29 is 8.68 Å². The van der Waals surface area contributed by atoms with Crippen LogP contribution in [0.15, 0.2) is 34.0 Å². The lowest BCUT2D eigenvalue weighted by Gasteiger charge is -2.32. The summed E-state index contributed by atoms with van der Waals surface area (Å²) < 4.78 is 13.0. The summed E-state index contributed by atoms with van der Waals surface area (Å²) in [6, 6.07) is 0. The zero-order valence-corrected chi connectivity index (χ0v) is 19.2. The smallest absolute Gasteiger partial charge is 0.270 e. The second kappa shape index (κ2) is 9.95. The van der Waals surface area contributed by atoms with Crippen LogP contribution in [0.5, 0.6) is 0 Å². The minimum absolute atomic E-state index is 0.0220. The van der Waals surface area contributed by atoms with E-state index in [0.717, 1.165) is 42.3 Å². The number of carbonyl (C=O) groups excluding carboxylic acids is 1. The number of amides is 1. The van der Waals surface area contributed by atoms with Crippen LogP contribution in [0.1, 0.15) is 45.6 Å². The molecule has 4 rings (SSSR count). The number of hydrogen-bond acceptors (Lipinski definition) is 8. The van der Waals surface area contributed by atoms with E-state index >= 15 is 0 Å². The first-order chi connectivity index (χ1) is 15.1. The highest BCUT2D eigenvalue weighted by atomic mass is 32.2. The number of likely N-dealkylation sites (tertiary alicyclic amines) is 1. The lowest BCUT2D eigenvalue weighted by atomic mass is 10.1. The molecule has 3 aliphatic heterocycles. The number of aromatic nitrogens is 1. The molecule has 1 amide bonds. The van der Waals surface area contributed by atoms with Crippen LogP contribution < -0.4 is 5.73 Å². The molecule has 1 aromatic heterocycles. The van der Waals surface area contributed by atoms with E-state index in [4.69, 9.17) is 15.7 Å². The quantitative estimate of drug-likeness (QED) is 0.695. The molecule has 1 aromatic rings. The first-order valence-corrected chi connectivity index (χ1v) is 12.1. The Hall–Kier alpha value is -2.20. The molecular weight excluding hydrogens is 435 g/mol. The van der Waals surface area contributed by atoms with E-state index in [2.05, 4.69) is 16.0 Å². The number of fused-ring (bicyclic) bond motifs is 1. The van der Waals surface area contributed by atoms with Gasteiger partial charge in [0, 0.05) is 70.1 Å². The molecule has 0 radical (unpaired) electrons. The molecular formula is C21H27FN6OS2. The molecule has 2 N–H and O–H groups in total. The summed E-state index contributed by atoms with van der Waals surface area (Å²) in [5.41, 5.74) is 7.16. The molecule has 1 fully saturated rings. The third-order valence-electron chi connectivity index (χ3n) is 5.81. The van der Waals surface area contributed by atoms with E-state index in [-0.39, 0.29) is 17.1 Å². The minimum Gasteiger partial charge on any atom is -0.403 e. The Bertz CT molecular complexity index is 940. The monoisotopic (exact) mass is 462 g/mol. The summed E-state index contributed by atoms with van der Waals surface area (Å²) in [6.07, 6.45) is 10.6. The standard InChI is InChI=1S/C21H27FN6OS2/c1-24-12-15(11-23)28-10-7-17-19(21(28)29)30-20(26-17)14-4-5-18(25-8-6-14)27-9-2-3-16(13-27)31-22/h4-5,11-12,14,16H,2-3,6-10,13,23H2,1H3. The summed E-state index contributed by atoms with van der Waals surface area (Å²) >= 11 is 1.92. The Morgan fingerprint density at radius 1 is 1.42 bits per heavy atom. The molecule has 7 nitrogen and oxygen atoms in total. The number of amidine groups is 1. The fourth-order valence-electron chi connectivity index (χ4n) is 4.19. The SMILES string of the molecule is CN=CC(=CN)N1CCc2nc(C3C=CC(N4CCCC(SF)C4)=NCC3)sc2C1=O. The molecule has 3 aliphatic rings. The van der Waals surface area contributed by atoms with Crippen molar-refractivity contribution in [2.45, 2.75) is 36.9 Å². The number of halogens is 1.